The van der Waals surface area contributed by atoms with Crippen LogP contribution in [0.5, 0.6) is 0 Å². The van der Waals surface area contributed by atoms with E-state index in [0.717, 1.165) is 6.42 Å². The summed E-state index contributed by atoms with van der Waals surface area (Å²) in [5, 5.41) is 0. The molecule has 0 rings (SSSR count). The van der Waals surface area contributed by atoms with Crippen LogP contribution >= 0.6 is 0 Å². The van der Waals surface area contributed by atoms with Gasteiger partial charge in [-0.25, -0.2) is 9.59 Å². The maximum Gasteiger partial charge on any atom is 0.404 e. The van der Waals surface area contributed by atoms with Gasteiger partial charge in [-0.05, 0) is 5.92 Å². The van der Waals surface area contributed by atoms with Gasteiger partial charge in [0, 0.05) is 5.92 Å². The Morgan fingerprint density at radius 1 is 1.13 bits per heavy atom. The van der Waals surface area contributed by atoms with E-state index in [9.17, 15) is 9.59 Å². The van der Waals surface area contributed by atoms with Crippen LogP contribution in [-0.2, 0) is 9.47 Å². The summed E-state index contributed by atoms with van der Waals surface area (Å²) in [5.74, 6) is 0.179. The van der Waals surface area contributed by atoms with Crippen LogP contribution in [0, 0.1) is 11.8 Å². The molecule has 0 fully saturated rings. The molecular formula is C9H18N2O4. The second-order valence-electron chi connectivity index (χ2n) is 3.41. The van der Waals surface area contributed by atoms with E-state index >= 15 is 0 Å². The van der Waals surface area contributed by atoms with E-state index in [0.29, 0.717) is 0 Å². The number of nitrogens with two attached hydrogens (primary N) is 2. The topological polar surface area (TPSA) is 105 Å². The number of hydrogen-bond donors (Lipinski definition) is 2. The summed E-state index contributed by atoms with van der Waals surface area (Å²) >= 11 is 0. The third kappa shape index (κ3) is 6.59. The van der Waals surface area contributed by atoms with Crippen LogP contribution in [0.1, 0.15) is 20.3 Å². The molecule has 0 aromatic rings. The number of carbonyl (C=O) groups is 2. The highest BCUT2D eigenvalue weighted by Gasteiger charge is 2.19. The molecule has 15 heavy (non-hydrogen) atoms. The summed E-state index contributed by atoms with van der Waals surface area (Å²) in [6, 6.07) is 0. The summed E-state index contributed by atoms with van der Waals surface area (Å²) in [4.78, 5) is 20.8. The Hall–Kier alpha value is -1.46. The zero-order valence-electron chi connectivity index (χ0n) is 9.06. The minimum absolute atomic E-state index is 0.0741. The highest BCUT2D eigenvalue weighted by molar-refractivity contribution is 5.65. The Bertz CT molecular complexity index is 202. The molecule has 88 valence electrons. The number of amides is 2. The van der Waals surface area contributed by atoms with Crippen molar-refractivity contribution >= 4 is 12.2 Å². The highest BCUT2D eigenvalue weighted by atomic mass is 16.6. The highest BCUT2D eigenvalue weighted by Crippen LogP contribution is 2.16. The van der Waals surface area contributed by atoms with Crippen molar-refractivity contribution < 1.29 is 19.1 Å². The summed E-state index contributed by atoms with van der Waals surface area (Å²) < 4.78 is 9.33. The molecule has 0 aliphatic carbocycles. The van der Waals surface area contributed by atoms with Crippen LogP contribution in [0.3, 0.4) is 0 Å². The first-order valence-electron chi connectivity index (χ1n) is 4.81. The SMILES string of the molecule is CCC(C)C(COC(N)=O)COC(N)=O. The Balaban J connectivity index is 4.05. The van der Waals surface area contributed by atoms with Gasteiger partial charge in [0.05, 0.1) is 13.2 Å². The third-order valence-electron chi connectivity index (χ3n) is 2.33. The average Bonchev–Trinajstić information content (AvgIpc) is 2.16. The van der Waals surface area contributed by atoms with Crippen molar-refractivity contribution in [1.82, 2.24) is 0 Å². The molecule has 0 radical (unpaired) electrons. The molecular weight excluding hydrogens is 200 g/mol. The van der Waals surface area contributed by atoms with E-state index in [4.69, 9.17) is 11.5 Å². The number of ether oxygens (including phenoxy) is 2. The molecule has 0 aromatic heterocycles. The van der Waals surface area contributed by atoms with Gasteiger partial charge in [0.25, 0.3) is 0 Å². The third-order valence-corrected chi connectivity index (χ3v) is 2.33. The van der Waals surface area contributed by atoms with E-state index in [1.807, 2.05) is 13.8 Å². The lowest BCUT2D eigenvalue weighted by Crippen LogP contribution is -2.28. The van der Waals surface area contributed by atoms with Gasteiger partial charge in [-0.2, -0.15) is 0 Å². The minimum Gasteiger partial charge on any atom is -0.449 e. The Labute approximate surface area is 88.9 Å². The first-order chi connectivity index (χ1) is 6.97. The average molecular weight is 218 g/mol. The molecule has 0 aliphatic heterocycles. The molecule has 2 amide bonds. The summed E-state index contributed by atoms with van der Waals surface area (Å²) in [5.41, 5.74) is 9.69. The fourth-order valence-electron chi connectivity index (χ4n) is 1.09. The first-order valence-corrected chi connectivity index (χ1v) is 4.81. The quantitative estimate of drug-likeness (QED) is 0.689. The van der Waals surface area contributed by atoms with Crippen LogP contribution in [0.2, 0.25) is 0 Å². The summed E-state index contributed by atoms with van der Waals surface area (Å²) in [6.07, 6.45) is -0.778. The predicted octanol–water partition coefficient (Wildman–Crippen LogP) is 0.839. The second kappa shape index (κ2) is 6.92. The lowest BCUT2D eigenvalue weighted by atomic mass is 9.93. The Kier molecular flexibility index (Phi) is 6.24. The van der Waals surface area contributed by atoms with Crippen LogP contribution in [0.15, 0.2) is 0 Å². The van der Waals surface area contributed by atoms with E-state index < -0.39 is 12.2 Å². The molecule has 0 aliphatic rings. The molecule has 0 bridgehead atoms. The number of carbonyl (C=O) groups excluding carboxylic acids is 2. The summed E-state index contributed by atoms with van der Waals surface area (Å²) in [6.45, 7) is 4.24. The van der Waals surface area contributed by atoms with Gasteiger partial charge in [0.1, 0.15) is 0 Å². The molecule has 1 atom stereocenters. The predicted molar refractivity (Wildman–Crippen MR) is 54.0 cm³/mol. The maximum absolute atomic E-state index is 10.4. The van der Waals surface area contributed by atoms with Crippen LogP contribution < -0.4 is 11.5 Å². The molecule has 1 unspecified atom stereocenters. The Morgan fingerprint density at radius 3 is 1.80 bits per heavy atom. The minimum atomic E-state index is -0.831. The van der Waals surface area contributed by atoms with Gasteiger partial charge in [-0.1, -0.05) is 20.3 Å². The summed E-state index contributed by atoms with van der Waals surface area (Å²) in [7, 11) is 0. The molecule has 0 saturated carbocycles. The molecule has 4 N–H and O–H groups in total. The van der Waals surface area contributed by atoms with Crippen molar-refractivity contribution in [3.63, 3.8) is 0 Å². The van der Waals surface area contributed by atoms with E-state index in [1.54, 1.807) is 0 Å². The van der Waals surface area contributed by atoms with Crippen LogP contribution in [-0.4, -0.2) is 25.4 Å². The van der Waals surface area contributed by atoms with E-state index in [2.05, 4.69) is 9.47 Å². The molecule has 0 saturated heterocycles. The van der Waals surface area contributed by atoms with Crippen LogP contribution in [0.4, 0.5) is 9.59 Å². The molecule has 6 nitrogen and oxygen atoms in total. The van der Waals surface area contributed by atoms with E-state index in [1.165, 1.54) is 0 Å². The standard InChI is InChI=1S/C9H18N2O4/c1-3-6(2)7(4-14-8(10)12)5-15-9(11)13/h6-7H,3-5H2,1-2H3,(H2,10,12)(H2,11,13). The molecule has 0 spiro atoms. The monoisotopic (exact) mass is 218 g/mol. The van der Waals surface area contributed by atoms with Crippen LogP contribution in [0.25, 0.3) is 0 Å². The van der Waals surface area contributed by atoms with Crippen molar-refractivity contribution in [2.45, 2.75) is 20.3 Å². The molecule has 0 heterocycles. The van der Waals surface area contributed by atoms with Gasteiger partial charge in [0.2, 0.25) is 0 Å². The van der Waals surface area contributed by atoms with Crippen molar-refractivity contribution in [2.24, 2.45) is 23.3 Å². The number of primary amides is 2. The first kappa shape index (κ1) is 13.5. The second-order valence-corrected chi connectivity index (χ2v) is 3.41. The zero-order chi connectivity index (χ0) is 11.8. The van der Waals surface area contributed by atoms with Gasteiger partial charge >= 0.3 is 12.2 Å². The zero-order valence-corrected chi connectivity index (χ0v) is 9.06. The number of rotatable bonds is 6. The van der Waals surface area contributed by atoms with Crippen molar-refractivity contribution in [3.05, 3.63) is 0 Å². The van der Waals surface area contributed by atoms with Crippen molar-refractivity contribution in [2.75, 3.05) is 13.2 Å². The molecule has 6 heteroatoms. The number of hydrogen-bond acceptors (Lipinski definition) is 4. The normalized spacial score (nSPS) is 12.2. The Morgan fingerprint density at radius 2 is 1.53 bits per heavy atom. The van der Waals surface area contributed by atoms with E-state index in [-0.39, 0.29) is 25.0 Å². The largest absolute Gasteiger partial charge is 0.449 e. The fraction of sp³-hybridized carbons (Fsp3) is 0.778. The van der Waals surface area contributed by atoms with Crippen molar-refractivity contribution in [1.29, 1.82) is 0 Å². The molecule has 0 aromatic carbocycles. The van der Waals surface area contributed by atoms with Crippen molar-refractivity contribution in [3.8, 4) is 0 Å². The smallest absolute Gasteiger partial charge is 0.404 e. The van der Waals surface area contributed by atoms with Gasteiger partial charge in [-0.15, -0.1) is 0 Å². The lowest BCUT2D eigenvalue weighted by molar-refractivity contribution is 0.0720. The van der Waals surface area contributed by atoms with Gasteiger partial charge < -0.3 is 20.9 Å². The maximum atomic E-state index is 10.4. The van der Waals surface area contributed by atoms with Gasteiger partial charge in [-0.3, -0.25) is 0 Å². The fourth-order valence-corrected chi connectivity index (χ4v) is 1.09. The lowest BCUT2D eigenvalue weighted by Gasteiger charge is -2.21. The van der Waals surface area contributed by atoms with Gasteiger partial charge in [0.15, 0.2) is 0 Å².